The first-order chi connectivity index (χ1) is 8.95. The molecule has 0 spiro atoms. The molecule has 3 nitrogen and oxygen atoms in total. The molecule has 9 heteroatoms. The predicted molar refractivity (Wildman–Crippen MR) is 74.2 cm³/mol. The third-order valence-corrected chi connectivity index (χ3v) is 5.64. The SMILES string of the molecule is CC(C)N(CC(F)(F)F)S(=O)(=O)c1ccc(Cl)c(Br)c1. The standard InChI is InChI=1S/C11H12BrClF3NO2S/c1-7(2)17(6-11(14,15)16)20(18,19)8-3-4-10(13)9(12)5-8/h3-5,7H,6H2,1-2H3. The summed E-state index contributed by atoms with van der Waals surface area (Å²) in [5, 5.41) is 0.274. The topological polar surface area (TPSA) is 37.4 Å². The van der Waals surface area contributed by atoms with Crippen molar-refractivity contribution >= 4 is 37.6 Å². The molecule has 0 amide bonds. The summed E-state index contributed by atoms with van der Waals surface area (Å²) in [6.07, 6.45) is -4.61. The van der Waals surface area contributed by atoms with Crippen molar-refractivity contribution < 1.29 is 21.6 Å². The molecule has 0 bridgehead atoms. The van der Waals surface area contributed by atoms with E-state index in [0.29, 0.717) is 8.78 Å². The fourth-order valence-electron chi connectivity index (χ4n) is 1.49. The number of alkyl halides is 3. The van der Waals surface area contributed by atoms with Crippen LogP contribution in [0.3, 0.4) is 0 Å². The van der Waals surface area contributed by atoms with Gasteiger partial charge in [0.15, 0.2) is 0 Å². The third kappa shape index (κ3) is 4.34. The van der Waals surface area contributed by atoms with Crippen LogP contribution in [0.5, 0.6) is 0 Å². The summed E-state index contributed by atoms with van der Waals surface area (Å²) in [4.78, 5) is -0.244. The van der Waals surface area contributed by atoms with Crippen LogP contribution in [0.15, 0.2) is 27.6 Å². The molecule has 0 atom stereocenters. The van der Waals surface area contributed by atoms with Gasteiger partial charge in [-0.2, -0.15) is 17.5 Å². The zero-order chi connectivity index (χ0) is 15.7. The molecule has 0 saturated heterocycles. The van der Waals surface area contributed by atoms with Crippen molar-refractivity contribution in [1.82, 2.24) is 4.31 Å². The van der Waals surface area contributed by atoms with E-state index >= 15 is 0 Å². The van der Waals surface area contributed by atoms with Gasteiger partial charge in [0.05, 0.1) is 9.92 Å². The van der Waals surface area contributed by atoms with E-state index in [-0.39, 0.29) is 9.92 Å². The molecule has 0 radical (unpaired) electrons. The second-order valence-corrected chi connectivity index (χ2v) is 7.49. The lowest BCUT2D eigenvalue weighted by atomic mass is 10.4. The molecule has 0 saturated carbocycles. The molecular weight excluding hydrogens is 383 g/mol. The maximum atomic E-state index is 12.5. The van der Waals surface area contributed by atoms with Crippen LogP contribution in [0.25, 0.3) is 0 Å². The van der Waals surface area contributed by atoms with Gasteiger partial charge in [0, 0.05) is 10.5 Å². The van der Waals surface area contributed by atoms with Crippen LogP contribution in [0, 0.1) is 0 Å². The fourth-order valence-corrected chi connectivity index (χ4v) is 3.79. The summed E-state index contributed by atoms with van der Waals surface area (Å²) in [6.45, 7) is 1.23. The Hall–Kier alpha value is -0.310. The van der Waals surface area contributed by atoms with E-state index in [1.165, 1.54) is 32.0 Å². The van der Waals surface area contributed by atoms with Crippen molar-refractivity contribution in [3.63, 3.8) is 0 Å². The van der Waals surface area contributed by atoms with Crippen LogP contribution in [0.4, 0.5) is 13.2 Å². The Bertz CT molecular complexity index is 590. The summed E-state index contributed by atoms with van der Waals surface area (Å²) < 4.78 is 62.8. The second kappa shape index (κ2) is 6.21. The first-order valence-corrected chi connectivity index (χ1v) is 8.10. The summed E-state index contributed by atoms with van der Waals surface area (Å²) in [7, 11) is -4.25. The Balaban J connectivity index is 3.26. The van der Waals surface area contributed by atoms with Gasteiger partial charge < -0.3 is 0 Å². The van der Waals surface area contributed by atoms with E-state index in [2.05, 4.69) is 15.9 Å². The minimum atomic E-state index is -4.61. The van der Waals surface area contributed by atoms with Crippen LogP contribution in [0.2, 0.25) is 5.02 Å². The number of hydrogen-bond donors (Lipinski definition) is 0. The summed E-state index contributed by atoms with van der Waals surface area (Å²) >= 11 is 8.79. The van der Waals surface area contributed by atoms with Gasteiger partial charge in [0.2, 0.25) is 10.0 Å². The molecule has 0 N–H and O–H groups in total. The Morgan fingerprint density at radius 3 is 2.30 bits per heavy atom. The van der Waals surface area contributed by atoms with Gasteiger partial charge >= 0.3 is 6.18 Å². The average molecular weight is 395 g/mol. The van der Waals surface area contributed by atoms with Crippen LogP contribution in [-0.4, -0.2) is 31.5 Å². The van der Waals surface area contributed by atoms with Gasteiger partial charge in [-0.25, -0.2) is 8.42 Å². The van der Waals surface area contributed by atoms with Gasteiger partial charge in [-0.05, 0) is 48.0 Å². The molecule has 0 aliphatic heterocycles. The van der Waals surface area contributed by atoms with Crippen LogP contribution in [0.1, 0.15) is 13.8 Å². The maximum Gasteiger partial charge on any atom is 0.402 e. The number of benzene rings is 1. The van der Waals surface area contributed by atoms with Crippen molar-refractivity contribution in [1.29, 1.82) is 0 Å². The third-order valence-electron chi connectivity index (χ3n) is 2.41. The van der Waals surface area contributed by atoms with E-state index in [0.717, 1.165) is 0 Å². The van der Waals surface area contributed by atoms with Gasteiger partial charge in [0.1, 0.15) is 6.54 Å². The number of rotatable bonds is 4. The molecule has 0 aliphatic carbocycles. The highest BCUT2D eigenvalue weighted by Crippen LogP contribution is 2.29. The molecule has 1 aromatic rings. The van der Waals surface area contributed by atoms with Gasteiger partial charge in [-0.15, -0.1) is 0 Å². The molecule has 0 heterocycles. The minimum absolute atomic E-state index is 0.244. The smallest absolute Gasteiger partial charge is 0.207 e. The quantitative estimate of drug-likeness (QED) is 0.772. The Morgan fingerprint density at radius 1 is 1.35 bits per heavy atom. The molecule has 0 aliphatic rings. The Kier molecular flexibility index (Phi) is 5.51. The molecule has 0 aromatic heterocycles. The molecule has 114 valence electrons. The van der Waals surface area contributed by atoms with Crippen molar-refractivity contribution in [3.8, 4) is 0 Å². The van der Waals surface area contributed by atoms with E-state index in [4.69, 9.17) is 11.6 Å². The number of sulfonamides is 1. The normalized spacial score (nSPS) is 13.2. The van der Waals surface area contributed by atoms with Crippen molar-refractivity contribution in [2.24, 2.45) is 0 Å². The van der Waals surface area contributed by atoms with Gasteiger partial charge in [-0.3, -0.25) is 0 Å². The number of nitrogens with zero attached hydrogens (tertiary/aromatic N) is 1. The maximum absolute atomic E-state index is 12.5. The van der Waals surface area contributed by atoms with E-state index < -0.39 is 28.8 Å². The molecule has 20 heavy (non-hydrogen) atoms. The molecular formula is C11H12BrClF3NO2S. The average Bonchev–Trinajstić information content (AvgIpc) is 2.28. The minimum Gasteiger partial charge on any atom is -0.207 e. The Labute approximate surface area is 128 Å². The second-order valence-electron chi connectivity index (χ2n) is 4.34. The summed E-state index contributed by atoms with van der Waals surface area (Å²) in [6, 6.07) is 2.85. The molecule has 1 aromatic carbocycles. The van der Waals surface area contributed by atoms with E-state index in [1.54, 1.807) is 0 Å². The van der Waals surface area contributed by atoms with Crippen LogP contribution in [-0.2, 0) is 10.0 Å². The van der Waals surface area contributed by atoms with Crippen LogP contribution >= 0.6 is 27.5 Å². The van der Waals surface area contributed by atoms with Crippen molar-refractivity contribution in [2.45, 2.75) is 31.0 Å². The summed E-state index contributed by atoms with van der Waals surface area (Å²) in [5.41, 5.74) is 0. The predicted octanol–water partition coefficient (Wildman–Crippen LogP) is 4.06. The first kappa shape index (κ1) is 17.7. The zero-order valence-corrected chi connectivity index (χ0v) is 13.7. The van der Waals surface area contributed by atoms with Gasteiger partial charge in [-0.1, -0.05) is 11.6 Å². The lowest BCUT2D eigenvalue weighted by Crippen LogP contribution is -2.43. The highest BCUT2D eigenvalue weighted by molar-refractivity contribution is 9.10. The van der Waals surface area contributed by atoms with Crippen molar-refractivity contribution in [3.05, 3.63) is 27.7 Å². The van der Waals surface area contributed by atoms with Gasteiger partial charge in [0.25, 0.3) is 0 Å². The highest BCUT2D eigenvalue weighted by atomic mass is 79.9. The highest BCUT2D eigenvalue weighted by Gasteiger charge is 2.38. The van der Waals surface area contributed by atoms with Crippen molar-refractivity contribution in [2.75, 3.05) is 6.54 Å². The fraction of sp³-hybridized carbons (Fsp3) is 0.455. The van der Waals surface area contributed by atoms with E-state index in [1.807, 2.05) is 0 Å². The molecule has 1 rings (SSSR count). The Morgan fingerprint density at radius 2 is 1.90 bits per heavy atom. The van der Waals surface area contributed by atoms with Crippen LogP contribution < -0.4 is 0 Å². The zero-order valence-electron chi connectivity index (χ0n) is 10.6. The molecule has 0 unspecified atom stereocenters. The lowest BCUT2D eigenvalue weighted by molar-refractivity contribution is -0.138. The molecule has 0 fully saturated rings. The first-order valence-electron chi connectivity index (χ1n) is 5.49. The lowest BCUT2D eigenvalue weighted by Gasteiger charge is -2.26. The monoisotopic (exact) mass is 393 g/mol. The summed E-state index contributed by atoms with van der Waals surface area (Å²) in [5.74, 6) is 0. The van der Waals surface area contributed by atoms with E-state index in [9.17, 15) is 21.6 Å². The number of halogens is 5. The number of hydrogen-bond acceptors (Lipinski definition) is 2. The largest absolute Gasteiger partial charge is 0.402 e.